The summed E-state index contributed by atoms with van der Waals surface area (Å²) in [6.07, 6.45) is 3.62. The fraction of sp³-hybridized carbons (Fsp3) is 0.0741. The first-order valence-corrected chi connectivity index (χ1v) is 10.9. The third kappa shape index (κ3) is 3.99. The molecule has 0 aliphatic rings. The summed E-state index contributed by atoms with van der Waals surface area (Å²) in [7, 11) is 0. The molecule has 3 aromatic carbocycles. The summed E-state index contributed by atoms with van der Waals surface area (Å²) in [6.45, 7) is 2.45. The van der Waals surface area contributed by atoms with E-state index in [2.05, 4.69) is 34.3 Å². The molecule has 0 radical (unpaired) electrons. The number of carboxylic acids is 1. The van der Waals surface area contributed by atoms with E-state index in [1.54, 1.807) is 35.0 Å². The second kappa shape index (κ2) is 8.52. The molecule has 1 N–H and O–H groups in total. The number of halogens is 1. The van der Waals surface area contributed by atoms with Gasteiger partial charge in [-0.15, -0.1) is 0 Å². The van der Waals surface area contributed by atoms with Gasteiger partial charge >= 0.3 is 5.97 Å². The van der Waals surface area contributed by atoms with E-state index in [-0.39, 0.29) is 5.56 Å². The van der Waals surface area contributed by atoms with E-state index >= 15 is 0 Å². The van der Waals surface area contributed by atoms with Crippen molar-refractivity contribution in [2.24, 2.45) is 0 Å². The van der Waals surface area contributed by atoms with E-state index in [4.69, 9.17) is 11.6 Å². The third-order valence-electron chi connectivity index (χ3n) is 5.70. The van der Waals surface area contributed by atoms with Crippen molar-refractivity contribution >= 4 is 51.4 Å². The Morgan fingerprint density at radius 1 is 1.00 bits per heavy atom. The predicted octanol–water partition coefficient (Wildman–Crippen LogP) is 6.46. The first-order valence-electron chi connectivity index (χ1n) is 10.5. The van der Waals surface area contributed by atoms with Crippen molar-refractivity contribution < 1.29 is 9.90 Å². The number of rotatable bonds is 5. The zero-order valence-electron chi connectivity index (χ0n) is 17.9. The van der Waals surface area contributed by atoms with Gasteiger partial charge in [0.05, 0.1) is 29.0 Å². The number of carboxylic acid groups (broad SMARTS) is 1. The number of pyridine rings is 1. The van der Waals surface area contributed by atoms with Crippen LogP contribution in [0.1, 0.15) is 32.9 Å². The Balaban J connectivity index is 1.50. The van der Waals surface area contributed by atoms with Crippen LogP contribution in [0.25, 0.3) is 33.8 Å². The van der Waals surface area contributed by atoms with Crippen LogP contribution in [0.15, 0.2) is 72.8 Å². The Kier molecular flexibility index (Phi) is 5.40. The number of carbonyl (C=O) groups is 1. The van der Waals surface area contributed by atoms with Crippen LogP contribution in [0.2, 0.25) is 5.15 Å². The molecular weight excluding hydrogens is 434 g/mol. The summed E-state index contributed by atoms with van der Waals surface area (Å²) in [4.78, 5) is 16.3. The van der Waals surface area contributed by atoms with E-state index in [0.29, 0.717) is 28.3 Å². The van der Waals surface area contributed by atoms with Crippen LogP contribution in [-0.2, 0) is 6.54 Å². The first kappa shape index (κ1) is 20.9. The summed E-state index contributed by atoms with van der Waals surface area (Å²) in [5.74, 6) is -0.986. The zero-order chi connectivity index (χ0) is 22.9. The Morgan fingerprint density at radius 2 is 1.73 bits per heavy atom. The molecule has 2 aromatic heterocycles. The number of aromatic nitrogens is 3. The van der Waals surface area contributed by atoms with E-state index in [0.717, 1.165) is 16.8 Å². The molecule has 0 saturated carbocycles. The molecule has 5 rings (SSSR count). The van der Waals surface area contributed by atoms with Crippen LogP contribution in [0.5, 0.6) is 0 Å². The molecule has 6 heteroatoms. The highest BCUT2D eigenvalue weighted by molar-refractivity contribution is 6.31. The summed E-state index contributed by atoms with van der Waals surface area (Å²) in [5.41, 5.74) is 4.10. The van der Waals surface area contributed by atoms with Gasteiger partial charge in [-0.2, -0.15) is 5.10 Å². The number of fused-ring (bicyclic) bond motifs is 2. The van der Waals surface area contributed by atoms with E-state index < -0.39 is 5.97 Å². The fourth-order valence-corrected chi connectivity index (χ4v) is 4.38. The van der Waals surface area contributed by atoms with E-state index in [1.807, 2.05) is 37.3 Å². The SMILES string of the molecule is Cc1nn(Cc2cccc3ccccc23)c(Cl)c1/C=C/c1cc(C(=O)O)c2ccccc2n1. The van der Waals surface area contributed by atoms with Gasteiger partial charge in [0.15, 0.2) is 0 Å². The molecule has 5 nitrogen and oxygen atoms in total. The van der Waals surface area contributed by atoms with Gasteiger partial charge in [0.1, 0.15) is 5.15 Å². The number of nitrogens with zero attached hydrogens (tertiary/aromatic N) is 3. The predicted molar refractivity (Wildman–Crippen MR) is 133 cm³/mol. The van der Waals surface area contributed by atoms with Gasteiger partial charge in [-0.25, -0.2) is 14.5 Å². The van der Waals surface area contributed by atoms with Crippen molar-refractivity contribution in [2.75, 3.05) is 0 Å². The minimum absolute atomic E-state index is 0.217. The van der Waals surface area contributed by atoms with Gasteiger partial charge < -0.3 is 5.11 Å². The molecule has 0 aliphatic carbocycles. The minimum Gasteiger partial charge on any atom is -0.478 e. The third-order valence-corrected chi connectivity index (χ3v) is 6.10. The van der Waals surface area contributed by atoms with Crippen molar-refractivity contribution in [1.82, 2.24) is 14.8 Å². The second-order valence-electron chi connectivity index (χ2n) is 7.84. The Labute approximate surface area is 195 Å². The van der Waals surface area contributed by atoms with E-state index in [1.165, 1.54) is 10.8 Å². The maximum absolute atomic E-state index is 11.7. The largest absolute Gasteiger partial charge is 0.478 e. The number of para-hydroxylation sites is 1. The summed E-state index contributed by atoms with van der Waals surface area (Å²) >= 11 is 6.71. The van der Waals surface area contributed by atoms with Crippen molar-refractivity contribution in [2.45, 2.75) is 13.5 Å². The summed E-state index contributed by atoms with van der Waals surface area (Å²) in [5, 5.41) is 17.7. The van der Waals surface area contributed by atoms with Crippen molar-refractivity contribution in [1.29, 1.82) is 0 Å². The Bertz CT molecular complexity index is 1550. The number of aromatic carboxylic acids is 1. The monoisotopic (exact) mass is 453 g/mol. The molecule has 0 aliphatic heterocycles. The molecule has 0 fully saturated rings. The lowest BCUT2D eigenvalue weighted by atomic mass is 10.0. The molecular formula is C27H20ClN3O2. The highest BCUT2D eigenvalue weighted by atomic mass is 35.5. The van der Waals surface area contributed by atoms with Crippen LogP contribution in [0.4, 0.5) is 0 Å². The number of benzene rings is 3. The highest BCUT2D eigenvalue weighted by Crippen LogP contribution is 2.26. The highest BCUT2D eigenvalue weighted by Gasteiger charge is 2.14. The van der Waals surface area contributed by atoms with E-state index in [9.17, 15) is 9.90 Å². The molecule has 162 valence electrons. The maximum Gasteiger partial charge on any atom is 0.336 e. The van der Waals surface area contributed by atoms with Crippen molar-refractivity contribution in [3.05, 3.63) is 106 Å². The normalized spacial score (nSPS) is 11.6. The molecule has 0 bridgehead atoms. The summed E-state index contributed by atoms with van der Waals surface area (Å²) in [6, 6.07) is 23.2. The van der Waals surface area contributed by atoms with Crippen molar-refractivity contribution in [3.63, 3.8) is 0 Å². The van der Waals surface area contributed by atoms with Crippen LogP contribution < -0.4 is 0 Å². The van der Waals surface area contributed by atoms with Crippen LogP contribution in [0, 0.1) is 6.92 Å². The topological polar surface area (TPSA) is 68.0 Å². The van der Waals surface area contributed by atoms with Gasteiger partial charge in [-0.3, -0.25) is 0 Å². The van der Waals surface area contributed by atoms with Crippen LogP contribution >= 0.6 is 11.6 Å². The lowest BCUT2D eigenvalue weighted by Gasteiger charge is -2.08. The number of hydrogen-bond acceptors (Lipinski definition) is 3. The van der Waals surface area contributed by atoms with Gasteiger partial charge in [-0.1, -0.05) is 72.3 Å². The Hall–Kier alpha value is -3.96. The molecule has 0 saturated heterocycles. The number of hydrogen-bond donors (Lipinski definition) is 1. The minimum atomic E-state index is -0.986. The maximum atomic E-state index is 11.7. The molecule has 2 heterocycles. The average Bonchev–Trinajstić information content (AvgIpc) is 3.09. The average molecular weight is 454 g/mol. The number of aryl methyl sites for hydroxylation is 1. The molecule has 0 unspecified atom stereocenters. The van der Waals surface area contributed by atoms with Crippen LogP contribution in [-0.4, -0.2) is 25.8 Å². The smallest absolute Gasteiger partial charge is 0.336 e. The zero-order valence-corrected chi connectivity index (χ0v) is 18.6. The quantitative estimate of drug-likeness (QED) is 0.331. The first-order chi connectivity index (χ1) is 16.0. The molecule has 33 heavy (non-hydrogen) atoms. The summed E-state index contributed by atoms with van der Waals surface area (Å²) < 4.78 is 1.79. The molecule has 0 atom stereocenters. The van der Waals surface area contributed by atoms with Gasteiger partial charge in [0, 0.05) is 10.9 Å². The van der Waals surface area contributed by atoms with Crippen LogP contribution in [0.3, 0.4) is 0 Å². The molecule has 0 spiro atoms. The van der Waals surface area contributed by atoms with Gasteiger partial charge in [0.2, 0.25) is 0 Å². The fourth-order valence-electron chi connectivity index (χ4n) is 4.08. The lowest BCUT2D eigenvalue weighted by molar-refractivity contribution is 0.0699. The van der Waals surface area contributed by atoms with Gasteiger partial charge in [0.25, 0.3) is 0 Å². The second-order valence-corrected chi connectivity index (χ2v) is 8.19. The molecule has 0 amide bonds. The van der Waals surface area contributed by atoms with Gasteiger partial charge in [-0.05, 0) is 47.5 Å². The standard InChI is InChI=1S/C27H20ClN3O2/c1-17-21(14-13-20-15-24(27(32)33)23-11-4-5-12-25(23)29-20)26(28)31(30-17)16-19-9-6-8-18-7-2-3-10-22(18)19/h2-15H,16H2,1H3,(H,32,33)/b14-13+. The molecule has 5 aromatic rings. The Morgan fingerprint density at radius 3 is 2.55 bits per heavy atom. The lowest BCUT2D eigenvalue weighted by Crippen LogP contribution is -2.02. The van der Waals surface area contributed by atoms with Crippen molar-refractivity contribution in [3.8, 4) is 0 Å².